The maximum absolute atomic E-state index is 13.1. The monoisotopic (exact) mass is 1490 g/mol. The third kappa shape index (κ3) is 74.9. The second-order valence-corrected chi connectivity index (χ2v) is 34.4. The van der Waals surface area contributed by atoms with Crippen molar-refractivity contribution >= 4 is 39.5 Å². The van der Waals surface area contributed by atoms with Crippen LogP contribution in [0.4, 0.5) is 0 Å². The number of hydrogen-bond donors (Lipinski definition) is 3. The molecule has 0 saturated heterocycles. The second kappa shape index (κ2) is 72.0. The Hall–Kier alpha value is -1.94. The third-order valence-electron chi connectivity index (χ3n) is 19.7. The molecule has 0 aliphatic heterocycles. The molecule has 0 fully saturated rings. The number of aliphatic hydroxyl groups excluding tert-OH is 1. The highest BCUT2D eigenvalue weighted by molar-refractivity contribution is 7.47. The van der Waals surface area contributed by atoms with Crippen molar-refractivity contribution in [1.29, 1.82) is 0 Å². The van der Waals surface area contributed by atoms with Crippen LogP contribution in [0.2, 0.25) is 0 Å². The molecular formula is C83H162O17P2. The Labute approximate surface area is 626 Å². The van der Waals surface area contributed by atoms with Crippen LogP contribution < -0.4 is 0 Å². The first-order chi connectivity index (χ1) is 49.1. The minimum atomic E-state index is -4.96. The second-order valence-electron chi connectivity index (χ2n) is 31.5. The lowest BCUT2D eigenvalue weighted by molar-refractivity contribution is -0.161. The van der Waals surface area contributed by atoms with Crippen LogP contribution in [0.25, 0.3) is 0 Å². The van der Waals surface area contributed by atoms with E-state index in [0.29, 0.717) is 31.6 Å². The summed E-state index contributed by atoms with van der Waals surface area (Å²) in [6, 6.07) is 0. The molecule has 0 spiro atoms. The minimum absolute atomic E-state index is 0.107. The summed E-state index contributed by atoms with van der Waals surface area (Å²) in [5.41, 5.74) is 0. The first kappa shape index (κ1) is 100. The summed E-state index contributed by atoms with van der Waals surface area (Å²) in [7, 11) is -9.92. The van der Waals surface area contributed by atoms with Crippen molar-refractivity contribution in [2.75, 3.05) is 39.6 Å². The van der Waals surface area contributed by atoms with Crippen LogP contribution in [0, 0.1) is 23.7 Å². The summed E-state index contributed by atoms with van der Waals surface area (Å²) >= 11 is 0. The summed E-state index contributed by atoms with van der Waals surface area (Å²) in [4.78, 5) is 73.1. The van der Waals surface area contributed by atoms with E-state index in [-0.39, 0.29) is 25.7 Å². The van der Waals surface area contributed by atoms with Gasteiger partial charge in [0.15, 0.2) is 12.2 Å². The van der Waals surface area contributed by atoms with Crippen LogP contribution in [0.5, 0.6) is 0 Å². The molecular weight excluding hydrogens is 1330 g/mol. The van der Waals surface area contributed by atoms with E-state index in [4.69, 9.17) is 37.0 Å². The molecule has 0 aliphatic rings. The molecule has 0 aromatic carbocycles. The molecule has 19 heteroatoms. The molecule has 0 amide bonds. The number of phosphoric acid groups is 2. The molecule has 0 saturated carbocycles. The quantitative estimate of drug-likeness (QED) is 0.0222. The maximum Gasteiger partial charge on any atom is 0.472 e. The summed E-state index contributed by atoms with van der Waals surface area (Å²) < 4.78 is 68.8. The van der Waals surface area contributed by atoms with Gasteiger partial charge in [-0.25, -0.2) is 9.13 Å². The van der Waals surface area contributed by atoms with Crippen LogP contribution in [0.1, 0.15) is 428 Å². The normalized spacial score (nSPS) is 14.3. The fourth-order valence-electron chi connectivity index (χ4n) is 12.8. The van der Waals surface area contributed by atoms with Gasteiger partial charge in [-0.2, -0.15) is 0 Å². The molecule has 0 heterocycles. The van der Waals surface area contributed by atoms with Gasteiger partial charge in [0.05, 0.1) is 26.4 Å². The molecule has 102 heavy (non-hydrogen) atoms. The van der Waals surface area contributed by atoms with Gasteiger partial charge in [-0.05, 0) is 49.4 Å². The van der Waals surface area contributed by atoms with Crippen LogP contribution in [0.15, 0.2) is 0 Å². The van der Waals surface area contributed by atoms with Gasteiger partial charge >= 0.3 is 39.5 Å². The van der Waals surface area contributed by atoms with Crippen molar-refractivity contribution in [3.63, 3.8) is 0 Å². The number of phosphoric ester groups is 2. The van der Waals surface area contributed by atoms with E-state index in [1.807, 2.05) is 0 Å². The largest absolute Gasteiger partial charge is 0.472 e. The lowest BCUT2D eigenvalue weighted by Gasteiger charge is -2.21. The van der Waals surface area contributed by atoms with Crippen molar-refractivity contribution in [2.24, 2.45) is 23.7 Å². The summed E-state index contributed by atoms with van der Waals surface area (Å²) in [6.45, 7) is 14.3. The number of rotatable bonds is 80. The highest BCUT2D eigenvalue weighted by Gasteiger charge is 2.30. The van der Waals surface area contributed by atoms with Gasteiger partial charge in [0.25, 0.3) is 0 Å². The number of esters is 4. The smallest absolute Gasteiger partial charge is 0.462 e. The Kier molecular flexibility index (Phi) is 70.6. The van der Waals surface area contributed by atoms with E-state index in [1.54, 1.807) is 0 Å². The van der Waals surface area contributed by atoms with Gasteiger partial charge in [0.1, 0.15) is 19.3 Å². The van der Waals surface area contributed by atoms with Gasteiger partial charge in [0.2, 0.25) is 0 Å². The number of ether oxygens (including phenoxy) is 4. The first-order valence-electron chi connectivity index (χ1n) is 42.7. The third-order valence-corrected chi connectivity index (χ3v) is 21.6. The zero-order valence-electron chi connectivity index (χ0n) is 67.2. The van der Waals surface area contributed by atoms with Crippen molar-refractivity contribution in [1.82, 2.24) is 0 Å². The topological polar surface area (TPSA) is 237 Å². The fourth-order valence-corrected chi connectivity index (χ4v) is 14.3. The molecule has 0 aromatic rings. The maximum atomic E-state index is 13.1. The lowest BCUT2D eigenvalue weighted by atomic mass is 9.99. The summed E-state index contributed by atoms with van der Waals surface area (Å²) in [6.07, 6.45) is 59.7. The average Bonchev–Trinajstić information content (AvgIpc) is 0.955. The van der Waals surface area contributed by atoms with Gasteiger partial charge in [-0.3, -0.25) is 37.3 Å². The molecule has 17 nitrogen and oxygen atoms in total. The van der Waals surface area contributed by atoms with Gasteiger partial charge in [-0.1, -0.05) is 376 Å². The zero-order chi connectivity index (χ0) is 75.3. The number of carbonyl (C=O) groups is 4. The summed E-state index contributed by atoms with van der Waals surface area (Å²) in [5, 5.41) is 10.7. The predicted octanol–water partition coefficient (Wildman–Crippen LogP) is 24.8. The molecule has 4 unspecified atom stereocenters. The number of unbranched alkanes of at least 4 members (excludes halogenated alkanes) is 45. The minimum Gasteiger partial charge on any atom is -0.462 e. The van der Waals surface area contributed by atoms with Crippen LogP contribution in [-0.4, -0.2) is 96.7 Å². The van der Waals surface area contributed by atoms with E-state index in [9.17, 15) is 43.2 Å². The average molecular weight is 1490 g/mol. The standard InChI is InChI=1S/C83H162O17P2/c1-9-76(8)62-54-46-38-30-26-27-31-39-47-55-63-80(85)93-69-78(99-82(87)66-58-50-41-33-25-21-17-16-19-23-29-36-44-52-60-74(4)5)71-97-101(89,90)95-67-77(84)68-96-102(91,92)98-72-79(70-94-81(86)64-56-48-42-34-37-45-53-61-75(6)7)100-83(88)65-57-49-40-32-24-20-15-13-11-10-12-14-18-22-28-35-43-51-59-73(2)3/h73-79,84H,9-72H2,1-8H3,(H,89,90)(H,91,92)/t76?,77?,78-,79-/m1/s1. The molecule has 6 atom stereocenters. The number of hydrogen-bond acceptors (Lipinski definition) is 15. The van der Waals surface area contributed by atoms with E-state index in [0.717, 1.165) is 114 Å². The Balaban J connectivity index is 5.21. The molecule has 0 radical (unpaired) electrons. The van der Waals surface area contributed by atoms with Crippen molar-refractivity contribution in [3.05, 3.63) is 0 Å². The Morgan fingerprint density at radius 1 is 0.275 bits per heavy atom. The number of aliphatic hydroxyl groups is 1. The molecule has 0 aromatic heterocycles. The van der Waals surface area contributed by atoms with E-state index in [2.05, 4.69) is 55.4 Å². The highest BCUT2D eigenvalue weighted by atomic mass is 31.2. The Bertz CT molecular complexity index is 1990. The van der Waals surface area contributed by atoms with Crippen molar-refractivity contribution in [2.45, 2.75) is 446 Å². The SMILES string of the molecule is CCC(C)CCCCCCCCCCCCC(=O)OC[C@H](COP(=O)(O)OCC(O)COP(=O)(O)OC[C@@H](COC(=O)CCCCCCCCCC(C)C)OC(=O)CCCCCCCCCCCCCCCCCCCCC(C)C)OC(=O)CCCCCCCCCCCCCCCCC(C)C. The Morgan fingerprint density at radius 3 is 0.696 bits per heavy atom. The molecule has 606 valence electrons. The van der Waals surface area contributed by atoms with Crippen LogP contribution in [-0.2, 0) is 65.4 Å². The van der Waals surface area contributed by atoms with Crippen molar-refractivity contribution < 1.29 is 80.2 Å². The van der Waals surface area contributed by atoms with Crippen LogP contribution >= 0.6 is 15.6 Å². The highest BCUT2D eigenvalue weighted by Crippen LogP contribution is 2.45. The molecule has 0 bridgehead atoms. The fraction of sp³-hybridized carbons (Fsp3) is 0.952. The molecule has 3 N–H and O–H groups in total. The van der Waals surface area contributed by atoms with E-state index >= 15 is 0 Å². The van der Waals surface area contributed by atoms with Gasteiger partial charge < -0.3 is 33.8 Å². The van der Waals surface area contributed by atoms with Gasteiger partial charge in [0, 0.05) is 25.7 Å². The lowest BCUT2D eigenvalue weighted by Crippen LogP contribution is -2.30. The predicted molar refractivity (Wildman–Crippen MR) is 418 cm³/mol. The van der Waals surface area contributed by atoms with E-state index in [1.165, 1.54) is 225 Å². The first-order valence-corrected chi connectivity index (χ1v) is 45.7. The summed E-state index contributed by atoms with van der Waals surface area (Å²) in [5.74, 6) is 1.02. The zero-order valence-corrected chi connectivity index (χ0v) is 69.0. The molecule has 0 rings (SSSR count). The van der Waals surface area contributed by atoms with Crippen LogP contribution in [0.3, 0.4) is 0 Å². The molecule has 0 aliphatic carbocycles. The Morgan fingerprint density at radius 2 is 0.471 bits per heavy atom. The van der Waals surface area contributed by atoms with E-state index < -0.39 is 97.5 Å². The van der Waals surface area contributed by atoms with Crippen molar-refractivity contribution in [3.8, 4) is 0 Å². The number of carbonyl (C=O) groups excluding carboxylic acids is 4. The van der Waals surface area contributed by atoms with Gasteiger partial charge in [-0.15, -0.1) is 0 Å².